The number of Topliss-reactive ketones (excluding diaryl/α,β-unsaturated/α-hetero) is 1. The fourth-order valence-corrected chi connectivity index (χ4v) is 2.21. The predicted octanol–water partition coefficient (Wildman–Crippen LogP) is 2.05. The Hall–Kier alpha value is -1.09. The summed E-state index contributed by atoms with van der Waals surface area (Å²) >= 11 is 0. The van der Waals surface area contributed by atoms with Crippen LogP contribution in [0.4, 0.5) is 0 Å². The first-order chi connectivity index (χ1) is 7.21. The third-order valence-electron chi connectivity index (χ3n) is 3.22. The summed E-state index contributed by atoms with van der Waals surface area (Å²) in [5, 5.41) is 0. The number of carbonyl (C=O) groups excluding carboxylic acids is 1. The van der Waals surface area contributed by atoms with E-state index in [2.05, 4.69) is 0 Å². The van der Waals surface area contributed by atoms with Crippen molar-refractivity contribution in [3.63, 3.8) is 0 Å². The molecule has 1 fully saturated rings. The van der Waals surface area contributed by atoms with Gasteiger partial charge in [-0.1, -0.05) is 19.3 Å². The van der Waals surface area contributed by atoms with Crippen LogP contribution in [-0.2, 0) is 11.2 Å². The Morgan fingerprint density at radius 2 is 2.13 bits per heavy atom. The zero-order valence-corrected chi connectivity index (χ0v) is 8.87. The highest BCUT2D eigenvalue weighted by molar-refractivity contribution is 5.89. The molecule has 0 bridgehead atoms. The number of nitrogens with two attached hydrogens (primary N) is 1. The average Bonchev–Trinajstić information content (AvgIpc) is 2.71. The quantitative estimate of drug-likeness (QED) is 0.825. The molecule has 15 heavy (non-hydrogen) atoms. The van der Waals surface area contributed by atoms with Crippen LogP contribution in [0.3, 0.4) is 0 Å². The molecule has 2 N–H and O–H groups in total. The third-order valence-corrected chi connectivity index (χ3v) is 3.22. The highest BCUT2D eigenvalue weighted by Gasteiger charge is 2.34. The molecule has 0 radical (unpaired) electrons. The number of ketones is 1. The number of carbonyl (C=O) groups is 1. The first-order valence-electron chi connectivity index (χ1n) is 5.55. The fraction of sp³-hybridized carbons (Fsp3) is 0.583. The van der Waals surface area contributed by atoms with Crippen molar-refractivity contribution < 1.29 is 9.21 Å². The van der Waals surface area contributed by atoms with Gasteiger partial charge in [-0.3, -0.25) is 4.79 Å². The largest absolute Gasteiger partial charge is 0.469 e. The molecule has 0 amide bonds. The van der Waals surface area contributed by atoms with Gasteiger partial charge in [-0.25, -0.2) is 0 Å². The Labute approximate surface area is 89.6 Å². The maximum absolute atomic E-state index is 12.0. The normalized spacial score (nSPS) is 20.1. The van der Waals surface area contributed by atoms with Crippen LogP contribution in [-0.4, -0.2) is 11.3 Å². The van der Waals surface area contributed by atoms with Crippen molar-refractivity contribution in [2.75, 3.05) is 0 Å². The van der Waals surface area contributed by atoms with E-state index in [1.165, 1.54) is 6.42 Å². The van der Waals surface area contributed by atoms with Gasteiger partial charge in [0.25, 0.3) is 0 Å². The molecule has 0 atom stereocenters. The SMILES string of the molecule is NC1(C(=O)Cc2ccco2)CCCCC1. The van der Waals surface area contributed by atoms with E-state index in [1.54, 1.807) is 12.3 Å². The summed E-state index contributed by atoms with van der Waals surface area (Å²) in [5.74, 6) is 0.840. The number of hydrogen-bond donors (Lipinski definition) is 1. The zero-order valence-electron chi connectivity index (χ0n) is 8.87. The second kappa shape index (κ2) is 4.19. The fourth-order valence-electron chi connectivity index (χ4n) is 2.21. The summed E-state index contributed by atoms with van der Waals surface area (Å²) in [6.07, 6.45) is 6.92. The van der Waals surface area contributed by atoms with E-state index in [-0.39, 0.29) is 5.78 Å². The maximum Gasteiger partial charge on any atom is 0.160 e. The minimum atomic E-state index is -0.592. The van der Waals surface area contributed by atoms with Crippen LogP contribution in [0.25, 0.3) is 0 Å². The lowest BCUT2D eigenvalue weighted by Crippen LogP contribution is -2.50. The van der Waals surface area contributed by atoms with Gasteiger partial charge >= 0.3 is 0 Å². The first-order valence-corrected chi connectivity index (χ1v) is 5.55. The van der Waals surface area contributed by atoms with Crippen LogP contribution in [0, 0.1) is 0 Å². The summed E-state index contributed by atoms with van der Waals surface area (Å²) < 4.78 is 5.16. The summed E-state index contributed by atoms with van der Waals surface area (Å²) in [5.41, 5.74) is 5.54. The Kier molecular flexibility index (Phi) is 2.91. The predicted molar refractivity (Wildman–Crippen MR) is 57.4 cm³/mol. The Morgan fingerprint density at radius 1 is 1.40 bits per heavy atom. The van der Waals surface area contributed by atoms with Crippen molar-refractivity contribution in [1.82, 2.24) is 0 Å². The molecule has 0 aromatic carbocycles. The van der Waals surface area contributed by atoms with Crippen LogP contribution in [0.2, 0.25) is 0 Å². The minimum absolute atomic E-state index is 0.122. The number of furan rings is 1. The molecule has 3 nitrogen and oxygen atoms in total. The van der Waals surface area contributed by atoms with Crippen LogP contribution < -0.4 is 5.73 Å². The lowest BCUT2D eigenvalue weighted by atomic mass is 9.78. The van der Waals surface area contributed by atoms with Crippen LogP contribution in [0.5, 0.6) is 0 Å². The van der Waals surface area contributed by atoms with E-state index >= 15 is 0 Å². The van der Waals surface area contributed by atoms with Gasteiger partial charge in [0.15, 0.2) is 5.78 Å². The molecule has 1 aromatic heterocycles. The van der Waals surface area contributed by atoms with Gasteiger partial charge in [0, 0.05) is 0 Å². The minimum Gasteiger partial charge on any atom is -0.469 e. The van der Waals surface area contributed by atoms with Crippen LogP contribution >= 0.6 is 0 Å². The molecule has 3 heteroatoms. The van der Waals surface area contributed by atoms with Crippen LogP contribution in [0.1, 0.15) is 37.9 Å². The monoisotopic (exact) mass is 207 g/mol. The van der Waals surface area contributed by atoms with Gasteiger partial charge in [-0.15, -0.1) is 0 Å². The smallest absolute Gasteiger partial charge is 0.160 e. The van der Waals surface area contributed by atoms with Gasteiger partial charge in [0.05, 0.1) is 18.2 Å². The molecule has 2 rings (SSSR count). The molecular formula is C12H17NO2. The molecule has 0 saturated heterocycles. The number of rotatable bonds is 3. The molecule has 1 aromatic rings. The lowest BCUT2D eigenvalue weighted by Gasteiger charge is -2.31. The van der Waals surface area contributed by atoms with Crippen molar-refractivity contribution in [2.24, 2.45) is 5.73 Å². The van der Waals surface area contributed by atoms with E-state index in [9.17, 15) is 4.79 Å². The Balaban J connectivity index is 2.00. The highest BCUT2D eigenvalue weighted by atomic mass is 16.3. The van der Waals surface area contributed by atoms with Gasteiger partial charge < -0.3 is 10.2 Å². The Morgan fingerprint density at radius 3 is 2.73 bits per heavy atom. The topological polar surface area (TPSA) is 56.2 Å². The maximum atomic E-state index is 12.0. The van der Waals surface area contributed by atoms with E-state index in [0.717, 1.165) is 31.4 Å². The summed E-state index contributed by atoms with van der Waals surface area (Å²) in [4.78, 5) is 12.0. The van der Waals surface area contributed by atoms with Gasteiger partial charge in [0.2, 0.25) is 0 Å². The standard InChI is InChI=1S/C12H17NO2/c13-12(6-2-1-3-7-12)11(14)9-10-5-4-8-15-10/h4-5,8H,1-3,6-7,9,13H2. The zero-order chi connectivity index (χ0) is 10.7. The van der Waals surface area contributed by atoms with E-state index in [1.807, 2.05) is 6.07 Å². The Bertz CT molecular complexity index is 323. The molecule has 0 aliphatic heterocycles. The molecule has 1 saturated carbocycles. The first kappa shape index (κ1) is 10.4. The molecule has 82 valence electrons. The summed E-state index contributed by atoms with van der Waals surface area (Å²) in [7, 11) is 0. The number of hydrogen-bond acceptors (Lipinski definition) is 3. The highest BCUT2D eigenvalue weighted by Crippen LogP contribution is 2.27. The second-order valence-electron chi connectivity index (χ2n) is 4.40. The second-order valence-corrected chi connectivity index (χ2v) is 4.40. The summed E-state index contributed by atoms with van der Waals surface area (Å²) in [6.45, 7) is 0. The van der Waals surface area contributed by atoms with Crippen molar-refractivity contribution in [3.8, 4) is 0 Å². The van der Waals surface area contributed by atoms with Gasteiger partial charge in [0.1, 0.15) is 5.76 Å². The van der Waals surface area contributed by atoms with E-state index in [0.29, 0.717) is 6.42 Å². The van der Waals surface area contributed by atoms with E-state index in [4.69, 9.17) is 10.2 Å². The van der Waals surface area contributed by atoms with Crippen LogP contribution in [0.15, 0.2) is 22.8 Å². The molecule has 1 heterocycles. The van der Waals surface area contributed by atoms with Gasteiger partial charge in [-0.05, 0) is 25.0 Å². The molecule has 1 aliphatic carbocycles. The van der Waals surface area contributed by atoms with Crippen molar-refractivity contribution in [1.29, 1.82) is 0 Å². The molecular weight excluding hydrogens is 190 g/mol. The molecule has 1 aliphatic rings. The van der Waals surface area contributed by atoms with Gasteiger partial charge in [-0.2, -0.15) is 0 Å². The van der Waals surface area contributed by atoms with Crippen molar-refractivity contribution >= 4 is 5.78 Å². The molecule has 0 unspecified atom stereocenters. The average molecular weight is 207 g/mol. The molecule has 0 spiro atoms. The third kappa shape index (κ3) is 2.29. The van der Waals surface area contributed by atoms with Crippen molar-refractivity contribution in [2.45, 2.75) is 44.1 Å². The summed E-state index contributed by atoms with van der Waals surface area (Å²) in [6, 6.07) is 3.62. The van der Waals surface area contributed by atoms with Crippen molar-refractivity contribution in [3.05, 3.63) is 24.2 Å². The van der Waals surface area contributed by atoms with E-state index < -0.39 is 5.54 Å². The lowest BCUT2D eigenvalue weighted by molar-refractivity contribution is -0.124.